The van der Waals surface area contributed by atoms with Crippen molar-refractivity contribution in [2.75, 3.05) is 17.6 Å². The minimum absolute atomic E-state index is 0.309. The summed E-state index contributed by atoms with van der Waals surface area (Å²) in [4.78, 5) is 8.15. The van der Waals surface area contributed by atoms with Crippen LogP contribution in [0.15, 0.2) is 36.5 Å². The molecule has 0 amide bonds. The maximum atomic E-state index is 5.59. The molecule has 1 aromatic heterocycles. The van der Waals surface area contributed by atoms with Gasteiger partial charge in [0.1, 0.15) is 5.82 Å². The summed E-state index contributed by atoms with van der Waals surface area (Å²) >= 11 is 0. The number of nitrogens with one attached hydrogen (secondary N) is 1. The zero-order valence-corrected chi connectivity index (χ0v) is 11.4. The van der Waals surface area contributed by atoms with Crippen LogP contribution in [0.4, 0.5) is 11.8 Å². The minimum atomic E-state index is 0.309. The average Bonchev–Trinajstić information content (AvgIpc) is 2.43. The molecule has 1 aromatic carbocycles. The lowest BCUT2D eigenvalue weighted by molar-refractivity contribution is 0.704. The third kappa shape index (κ3) is 3.68. The topological polar surface area (TPSA) is 63.8 Å². The van der Waals surface area contributed by atoms with E-state index in [1.165, 1.54) is 5.56 Å². The number of benzene rings is 1. The zero-order chi connectivity index (χ0) is 13.7. The van der Waals surface area contributed by atoms with Gasteiger partial charge in [0.05, 0.1) is 0 Å². The number of rotatable bonds is 5. The molecule has 4 heteroatoms. The average molecular weight is 256 g/mol. The third-order valence-corrected chi connectivity index (χ3v) is 3.23. The van der Waals surface area contributed by atoms with Gasteiger partial charge < -0.3 is 11.1 Å². The van der Waals surface area contributed by atoms with Crippen LogP contribution in [0.5, 0.6) is 0 Å². The SMILES string of the molecule is Cc1cnc(N)nc1NCCC(C)c1ccccc1. The van der Waals surface area contributed by atoms with Gasteiger partial charge >= 0.3 is 0 Å². The molecule has 0 saturated carbocycles. The molecule has 100 valence electrons. The van der Waals surface area contributed by atoms with Crippen molar-refractivity contribution < 1.29 is 0 Å². The second-order valence-electron chi connectivity index (χ2n) is 4.79. The van der Waals surface area contributed by atoms with Gasteiger partial charge in [0.2, 0.25) is 5.95 Å². The van der Waals surface area contributed by atoms with E-state index in [0.29, 0.717) is 11.9 Å². The summed E-state index contributed by atoms with van der Waals surface area (Å²) in [6.45, 7) is 5.08. The maximum Gasteiger partial charge on any atom is 0.221 e. The molecule has 1 atom stereocenters. The van der Waals surface area contributed by atoms with Crippen LogP contribution < -0.4 is 11.1 Å². The van der Waals surface area contributed by atoms with E-state index < -0.39 is 0 Å². The summed E-state index contributed by atoms with van der Waals surface area (Å²) in [6.07, 6.45) is 2.79. The smallest absolute Gasteiger partial charge is 0.221 e. The van der Waals surface area contributed by atoms with E-state index in [4.69, 9.17) is 5.73 Å². The van der Waals surface area contributed by atoms with Gasteiger partial charge in [-0.05, 0) is 24.8 Å². The zero-order valence-electron chi connectivity index (χ0n) is 11.4. The minimum Gasteiger partial charge on any atom is -0.370 e. The Hall–Kier alpha value is -2.10. The van der Waals surface area contributed by atoms with Crippen molar-refractivity contribution in [1.82, 2.24) is 9.97 Å². The van der Waals surface area contributed by atoms with Crippen LogP contribution in [0.1, 0.15) is 30.4 Å². The number of nitrogen functional groups attached to an aromatic ring is 1. The predicted molar refractivity (Wildman–Crippen MR) is 79.1 cm³/mol. The molecule has 0 aliphatic carbocycles. The Labute approximate surface area is 114 Å². The van der Waals surface area contributed by atoms with Crippen LogP contribution in [-0.2, 0) is 0 Å². The van der Waals surface area contributed by atoms with Crippen molar-refractivity contribution in [3.8, 4) is 0 Å². The van der Waals surface area contributed by atoms with Gasteiger partial charge in [0, 0.05) is 18.3 Å². The van der Waals surface area contributed by atoms with Crippen LogP contribution >= 0.6 is 0 Å². The van der Waals surface area contributed by atoms with Crippen LogP contribution in [0.3, 0.4) is 0 Å². The van der Waals surface area contributed by atoms with E-state index >= 15 is 0 Å². The molecule has 2 aromatic rings. The normalized spacial score (nSPS) is 12.1. The van der Waals surface area contributed by atoms with E-state index in [0.717, 1.165) is 24.3 Å². The summed E-state index contributed by atoms with van der Waals surface area (Å²) < 4.78 is 0. The fourth-order valence-corrected chi connectivity index (χ4v) is 1.99. The maximum absolute atomic E-state index is 5.59. The highest BCUT2D eigenvalue weighted by atomic mass is 15.1. The summed E-state index contributed by atoms with van der Waals surface area (Å²) in [5.74, 6) is 1.66. The van der Waals surface area contributed by atoms with Crippen molar-refractivity contribution in [3.63, 3.8) is 0 Å². The molecular weight excluding hydrogens is 236 g/mol. The first-order valence-electron chi connectivity index (χ1n) is 6.54. The van der Waals surface area contributed by atoms with Crippen LogP contribution in [-0.4, -0.2) is 16.5 Å². The Morgan fingerprint density at radius 2 is 2.00 bits per heavy atom. The summed E-state index contributed by atoms with van der Waals surface area (Å²) in [5, 5.41) is 3.32. The van der Waals surface area contributed by atoms with Crippen LogP contribution in [0.2, 0.25) is 0 Å². The molecule has 1 heterocycles. The predicted octanol–water partition coefficient (Wildman–Crippen LogP) is 2.97. The van der Waals surface area contributed by atoms with Crippen molar-refractivity contribution in [2.24, 2.45) is 0 Å². The quantitative estimate of drug-likeness (QED) is 0.863. The second-order valence-corrected chi connectivity index (χ2v) is 4.79. The van der Waals surface area contributed by atoms with Crippen LogP contribution in [0, 0.1) is 6.92 Å². The summed E-state index contributed by atoms with van der Waals surface area (Å²) in [5.41, 5.74) is 7.97. The van der Waals surface area contributed by atoms with Gasteiger partial charge in [0.15, 0.2) is 0 Å². The number of nitrogens with zero attached hydrogens (tertiary/aromatic N) is 2. The van der Waals surface area contributed by atoms with E-state index in [9.17, 15) is 0 Å². The number of aromatic nitrogens is 2. The number of hydrogen-bond acceptors (Lipinski definition) is 4. The lowest BCUT2D eigenvalue weighted by Crippen LogP contribution is -2.09. The number of nitrogens with two attached hydrogens (primary N) is 1. The molecule has 0 fully saturated rings. The lowest BCUT2D eigenvalue weighted by Gasteiger charge is -2.13. The monoisotopic (exact) mass is 256 g/mol. The fourth-order valence-electron chi connectivity index (χ4n) is 1.99. The van der Waals surface area contributed by atoms with Gasteiger partial charge in [0.25, 0.3) is 0 Å². The molecule has 3 N–H and O–H groups in total. The van der Waals surface area contributed by atoms with Gasteiger partial charge in [-0.15, -0.1) is 0 Å². The van der Waals surface area contributed by atoms with Crippen molar-refractivity contribution in [1.29, 1.82) is 0 Å². The molecule has 0 aliphatic heterocycles. The molecule has 0 aliphatic rings. The van der Waals surface area contributed by atoms with Crippen LogP contribution in [0.25, 0.3) is 0 Å². The molecule has 0 saturated heterocycles. The highest BCUT2D eigenvalue weighted by Crippen LogP contribution is 2.19. The Bertz CT molecular complexity index is 525. The fraction of sp³-hybridized carbons (Fsp3) is 0.333. The lowest BCUT2D eigenvalue weighted by atomic mass is 9.98. The molecule has 0 spiro atoms. The largest absolute Gasteiger partial charge is 0.370 e. The highest BCUT2D eigenvalue weighted by Gasteiger charge is 2.06. The highest BCUT2D eigenvalue weighted by molar-refractivity contribution is 5.45. The number of aryl methyl sites for hydroxylation is 1. The molecular formula is C15H20N4. The Kier molecular flexibility index (Phi) is 4.34. The van der Waals surface area contributed by atoms with E-state index in [-0.39, 0.29) is 0 Å². The van der Waals surface area contributed by atoms with Gasteiger partial charge in [-0.2, -0.15) is 4.98 Å². The van der Waals surface area contributed by atoms with Crippen molar-refractivity contribution in [2.45, 2.75) is 26.2 Å². The molecule has 0 bridgehead atoms. The number of hydrogen-bond donors (Lipinski definition) is 2. The van der Waals surface area contributed by atoms with Gasteiger partial charge in [-0.25, -0.2) is 4.98 Å². The van der Waals surface area contributed by atoms with E-state index in [2.05, 4.69) is 46.5 Å². The van der Waals surface area contributed by atoms with Crippen molar-refractivity contribution >= 4 is 11.8 Å². The molecule has 2 rings (SSSR count). The van der Waals surface area contributed by atoms with E-state index in [1.807, 2.05) is 13.0 Å². The molecule has 4 nitrogen and oxygen atoms in total. The van der Waals surface area contributed by atoms with E-state index in [1.54, 1.807) is 6.20 Å². The number of anilines is 2. The molecule has 19 heavy (non-hydrogen) atoms. The Morgan fingerprint density at radius 3 is 2.74 bits per heavy atom. The summed E-state index contributed by atoms with van der Waals surface area (Å²) in [6, 6.07) is 10.5. The molecule has 1 unspecified atom stereocenters. The first-order valence-corrected chi connectivity index (χ1v) is 6.54. The second kappa shape index (κ2) is 6.18. The van der Waals surface area contributed by atoms with Gasteiger partial charge in [-0.1, -0.05) is 37.3 Å². The molecule has 0 radical (unpaired) electrons. The first kappa shape index (κ1) is 13.3. The summed E-state index contributed by atoms with van der Waals surface area (Å²) in [7, 11) is 0. The van der Waals surface area contributed by atoms with Gasteiger partial charge in [-0.3, -0.25) is 0 Å². The third-order valence-electron chi connectivity index (χ3n) is 3.23. The van der Waals surface area contributed by atoms with Crippen molar-refractivity contribution in [3.05, 3.63) is 47.7 Å². The Morgan fingerprint density at radius 1 is 1.26 bits per heavy atom. The standard InChI is InChI=1S/C15H20N4/c1-11(13-6-4-3-5-7-13)8-9-17-14-12(2)10-18-15(16)19-14/h3-7,10-11H,8-9H2,1-2H3,(H3,16,17,18,19). The Balaban J connectivity index is 1.88. The first-order chi connectivity index (χ1) is 9.16.